The highest BCUT2D eigenvalue weighted by atomic mass is 19.4. The van der Waals surface area contributed by atoms with Crippen LogP contribution in [-0.2, 0) is 6.18 Å². The predicted molar refractivity (Wildman–Crippen MR) is 115 cm³/mol. The van der Waals surface area contributed by atoms with Crippen LogP contribution in [0.3, 0.4) is 0 Å². The average Bonchev–Trinajstić information content (AvgIpc) is 3.51. The molecule has 1 saturated heterocycles. The number of hydrogen-bond acceptors (Lipinski definition) is 8. The average molecular weight is 478 g/mol. The van der Waals surface area contributed by atoms with Crippen LogP contribution >= 0.6 is 0 Å². The molecule has 2 atom stereocenters. The molecule has 5 rings (SSSR count). The van der Waals surface area contributed by atoms with E-state index in [4.69, 9.17) is 0 Å². The van der Waals surface area contributed by atoms with Gasteiger partial charge in [-0.15, -0.1) is 0 Å². The molecule has 0 unspecified atom stereocenters. The molecular formula is C21H22F4N8O. The molecule has 1 N–H and O–H groups in total. The predicted octanol–water partition coefficient (Wildman–Crippen LogP) is 2.42. The van der Waals surface area contributed by atoms with Crippen molar-refractivity contribution in [2.24, 2.45) is 4.99 Å². The fraction of sp³-hybridized carbons (Fsp3) is 0.476. The van der Waals surface area contributed by atoms with Gasteiger partial charge in [-0.05, 0) is 31.4 Å². The molecule has 1 aliphatic carbocycles. The first-order chi connectivity index (χ1) is 16.3. The first-order valence-corrected chi connectivity index (χ1v) is 10.9. The quantitative estimate of drug-likeness (QED) is 0.661. The third-order valence-corrected chi connectivity index (χ3v) is 6.07. The topological polar surface area (TPSA) is 89.8 Å². The molecule has 0 spiro atoms. The molecule has 0 radical (unpaired) electrons. The maximum absolute atomic E-state index is 15.3. The number of aliphatic imine (C=N–C) groups is 1. The monoisotopic (exact) mass is 478 g/mol. The van der Waals surface area contributed by atoms with E-state index >= 15 is 4.39 Å². The van der Waals surface area contributed by atoms with E-state index in [0.717, 1.165) is 25.1 Å². The van der Waals surface area contributed by atoms with Gasteiger partial charge < -0.3 is 9.80 Å². The van der Waals surface area contributed by atoms with Crippen molar-refractivity contribution >= 4 is 24.0 Å². The Kier molecular flexibility index (Phi) is 5.80. The number of carbonyl (C=O) groups is 1. The summed E-state index contributed by atoms with van der Waals surface area (Å²) in [6.45, 7) is 0.725. The van der Waals surface area contributed by atoms with E-state index in [9.17, 15) is 18.0 Å². The summed E-state index contributed by atoms with van der Waals surface area (Å²) in [7, 11) is 0. The Morgan fingerprint density at radius 3 is 2.41 bits per heavy atom. The second kappa shape index (κ2) is 8.78. The maximum Gasteiger partial charge on any atom is 0.417 e. The normalized spacial score (nSPS) is 22.8. The largest absolute Gasteiger partial charge is 0.417 e. The van der Waals surface area contributed by atoms with Crippen LogP contribution in [0.2, 0.25) is 0 Å². The summed E-state index contributed by atoms with van der Waals surface area (Å²) in [6, 6.07) is 1.50. The number of anilines is 2. The lowest BCUT2D eigenvalue weighted by Gasteiger charge is -2.41. The van der Waals surface area contributed by atoms with E-state index in [0.29, 0.717) is 25.6 Å². The lowest BCUT2D eigenvalue weighted by Crippen LogP contribution is -2.55. The van der Waals surface area contributed by atoms with E-state index in [1.54, 1.807) is 16.1 Å². The van der Waals surface area contributed by atoms with E-state index in [-0.39, 0.29) is 29.9 Å². The minimum Gasteiger partial charge on any atom is -0.354 e. The number of nitrogens with zero attached hydrogens (tertiary/aromatic N) is 7. The second-order valence-corrected chi connectivity index (χ2v) is 8.42. The summed E-state index contributed by atoms with van der Waals surface area (Å²) in [5, 5.41) is 1.54. The number of aromatic nitrogens is 3. The highest BCUT2D eigenvalue weighted by molar-refractivity contribution is 5.94. The van der Waals surface area contributed by atoms with Gasteiger partial charge in [0.1, 0.15) is 25.0 Å². The third kappa shape index (κ3) is 4.52. The number of carbonyl (C=O) groups excluding carboxylic acids is 1. The maximum atomic E-state index is 15.3. The van der Waals surface area contributed by atoms with Crippen molar-refractivity contribution in [1.82, 2.24) is 25.3 Å². The number of pyridine rings is 1. The fourth-order valence-electron chi connectivity index (χ4n) is 4.20. The van der Waals surface area contributed by atoms with E-state index in [1.165, 1.54) is 23.5 Å². The molecule has 1 saturated carbocycles. The Bertz CT molecular complexity index is 1060. The molecular weight excluding hydrogens is 456 g/mol. The zero-order valence-corrected chi connectivity index (χ0v) is 18.0. The van der Waals surface area contributed by atoms with Gasteiger partial charge in [-0.25, -0.2) is 29.8 Å². The Balaban J connectivity index is 1.27. The van der Waals surface area contributed by atoms with Crippen molar-refractivity contribution in [3.05, 3.63) is 41.9 Å². The Morgan fingerprint density at radius 1 is 1.09 bits per heavy atom. The summed E-state index contributed by atoms with van der Waals surface area (Å²) in [6.07, 6.45) is 1.20. The van der Waals surface area contributed by atoms with Crippen LogP contribution in [0.1, 0.15) is 35.2 Å². The number of alkyl halides is 4. The van der Waals surface area contributed by atoms with Crippen LogP contribution in [0.4, 0.5) is 29.3 Å². The molecule has 13 heteroatoms. The number of halogens is 4. The number of hydrogen-bond donors (Lipinski definition) is 1. The van der Waals surface area contributed by atoms with Gasteiger partial charge >= 0.3 is 6.18 Å². The molecule has 34 heavy (non-hydrogen) atoms. The number of nitrogens with one attached hydrogen (secondary N) is 1. The van der Waals surface area contributed by atoms with Gasteiger partial charge in [-0.2, -0.15) is 13.2 Å². The van der Waals surface area contributed by atoms with Crippen LogP contribution in [0.15, 0.2) is 35.7 Å². The molecule has 2 fully saturated rings. The zero-order valence-electron chi connectivity index (χ0n) is 18.0. The molecule has 1 amide bonds. The standard InChI is InChI=1S/C21H22F4N8O/c22-16-10-31(18-4-1-14(9-27-18)21(23,24)25)6-5-17(16)33(15-2-3-15)19(34)13-7-28-20(29-8-13)32-12-26-11-30-32/h1,4,7-9,12,15-17,30H,2-3,5-6,10-11H2/t16-,17+/m0/s1. The van der Waals surface area contributed by atoms with Crippen LogP contribution in [0, 0.1) is 0 Å². The molecule has 4 heterocycles. The van der Waals surface area contributed by atoms with E-state index in [2.05, 4.69) is 25.4 Å². The van der Waals surface area contributed by atoms with Gasteiger partial charge in [-0.3, -0.25) is 9.79 Å². The summed E-state index contributed by atoms with van der Waals surface area (Å²) in [4.78, 5) is 32.8. The first kappa shape index (κ1) is 22.4. The highest BCUT2D eigenvalue weighted by Crippen LogP contribution is 2.35. The molecule has 2 aliphatic heterocycles. The molecule has 3 aliphatic rings. The minimum atomic E-state index is -4.48. The number of piperidine rings is 1. The molecule has 0 aromatic carbocycles. The van der Waals surface area contributed by atoms with Crippen molar-refractivity contribution in [2.75, 3.05) is 29.7 Å². The van der Waals surface area contributed by atoms with Gasteiger partial charge in [0.15, 0.2) is 0 Å². The number of amides is 1. The Labute approximate surface area is 192 Å². The van der Waals surface area contributed by atoms with Gasteiger partial charge in [0.25, 0.3) is 5.91 Å². The highest BCUT2D eigenvalue weighted by Gasteiger charge is 2.43. The second-order valence-electron chi connectivity index (χ2n) is 8.42. The molecule has 180 valence electrons. The summed E-state index contributed by atoms with van der Waals surface area (Å²) >= 11 is 0. The molecule has 2 aromatic heterocycles. The number of rotatable bonds is 5. The summed E-state index contributed by atoms with van der Waals surface area (Å²) < 4.78 is 53.7. The van der Waals surface area contributed by atoms with Crippen molar-refractivity contribution in [1.29, 1.82) is 0 Å². The minimum absolute atomic E-state index is 0.0430. The van der Waals surface area contributed by atoms with Gasteiger partial charge in [0, 0.05) is 31.2 Å². The van der Waals surface area contributed by atoms with Crippen LogP contribution in [0.5, 0.6) is 0 Å². The van der Waals surface area contributed by atoms with Gasteiger partial charge in [0.05, 0.1) is 23.7 Å². The van der Waals surface area contributed by atoms with Gasteiger partial charge in [0.2, 0.25) is 5.95 Å². The Morgan fingerprint density at radius 2 is 1.85 bits per heavy atom. The fourth-order valence-corrected chi connectivity index (χ4v) is 4.20. The molecule has 0 bridgehead atoms. The van der Waals surface area contributed by atoms with Crippen molar-refractivity contribution < 1.29 is 22.4 Å². The lowest BCUT2D eigenvalue weighted by molar-refractivity contribution is -0.137. The van der Waals surface area contributed by atoms with Crippen LogP contribution < -0.4 is 15.3 Å². The summed E-state index contributed by atoms with van der Waals surface area (Å²) in [5.41, 5.74) is 2.35. The van der Waals surface area contributed by atoms with Gasteiger partial charge in [-0.1, -0.05) is 0 Å². The lowest BCUT2D eigenvalue weighted by atomic mass is 10.00. The third-order valence-electron chi connectivity index (χ3n) is 6.07. The van der Waals surface area contributed by atoms with Crippen molar-refractivity contribution in [3.63, 3.8) is 0 Å². The summed E-state index contributed by atoms with van der Waals surface area (Å²) in [5.74, 6) is 0.295. The SMILES string of the molecule is O=C(c1cnc(N2C=NCN2)nc1)N(C1CC1)[C@@H]1CCN(c2ccc(C(F)(F)F)cn2)C[C@@H]1F. The van der Waals surface area contributed by atoms with E-state index < -0.39 is 24.0 Å². The smallest absolute Gasteiger partial charge is 0.354 e. The van der Waals surface area contributed by atoms with Crippen LogP contribution in [0.25, 0.3) is 0 Å². The molecule has 9 nitrogen and oxygen atoms in total. The van der Waals surface area contributed by atoms with Crippen molar-refractivity contribution in [3.8, 4) is 0 Å². The van der Waals surface area contributed by atoms with E-state index in [1.807, 2.05) is 0 Å². The van der Waals surface area contributed by atoms with Crippen molar-refractivity contribution in [2.45, 2.75) is 43.7 Å². The zero-order chi connectivity index (χ0) is 23.9. The number of hydrazine groups is 1. The Hall–Kier alpha value is -3.35. The van der Waals surface area contributed by atoms with Crippen LogP contribution in [-0.4, -0.2) is 70.1 Å². The first-order valence-electron chi connectivity index (χ1n) is 10.9. The molecule has 2 aromatic rings.